The van der Waals surface area contributed by atoms with Gasteiger partial charge < -0.3 is 0 Å². The van der Waals surface area contributed by atoms with Gasteiger partial charge in [-0.15, -0.1) is 0 Å². The maximum absolute atomic E-state index is 9.32. The number of halogens is 1. The molecule has 0 aliphatic heterocycles. The van der Waals surface area contributed by atoms with Crippen LogP contribution >= 0.6 is 11.6 Å². The Morgan fingerprint density at radius 1 is 1.20 bits per heavy atom. The van der Waals surface area contributed by atoms with E-state index in [0.717, 1.165) is 28.0 Å². The average molecular weight is 282 g/mol. The Kier molecular flexibility index (Phi) is 2.96. The molecule has 20 heavy (non-hydrogen) atoms. The molecule has 0 aliphatic carbocycles. The number of benzene rings is 1. The predicted octanol–water partition coefficient (Wildman–Crippen LogP) is 4.17. The molecule has 0 fully saturated rings. The van der Waals surface area contributed by atoms with Crippen molar-refractivity contribution in [2.45, 2.75) is 13.8 Å². The third-order valence-electron chi connectivity index (χ3n) is 3.31. The lowest BCUT2D eigenvalue weighted by atomic mass is 10.1. The SMILES string of the molecule is Cc1cc(C)c2c(C#N)cn(-c3ccc(Cl)cc3)c2n1. The molecule has 0 spiro atoms. The summed E-state index contributed by atoms with van der Waals surface area (Å²) in [5.74, 6) is 0. The summed E-state index contributed by atoms with van der Waals surface area (Å²) in [6.07, 6.45) is 1.83. The van der Waals surface area contributed by atoms with E-state index < -0.39 is 0 Å². The number of nitriles is 1. The molecule has 4 heteroatoms. The van der Waals surface area contributed by atoms with Gasteiger partial charge in [0.15, 0.2) is 0 Å². The summed E-state index contributed by atoms with van der Waals surface area (Å²) < 4.78 is 1.93. The van der Waals surface area contributed by atoms with E-state index in [1.54, 1.807) is 0 Å². The molecule has 0 radical (unpaired) electrons. The number of hydrogen-bond donors (Lipinski definition) is 0. The first-order chi connectivity index (χ1) is 9.60. The Bertz CT molecular complexity index is 839. The smallest absolute Gasteiger partial charge is 0.146 e. The van der Waals surface area contributed by atoms with E-state index >= 15 is 0 Å². The molecule has 0 N–H and O–H groups in total. The molecule has 3 nitrogen and oxygen atoms in total. The van der Waals surface area contributed by atoms with E-state index in [0.29, 0.717) is 10.6 Å². The van der Waals surface area contributed by atoms with Crippen LogP contribution < -0.4 is 0 Å². The zero-order chi connectivity index (χ0) is 14.3. The summed E-state index contributed by atoms with van der Waals surface area (Å²) in [4.78, 5) is 4.58. The van der Waals surface area contributed by atoms with Crippen LogP contribution in [0.5, 0.6) is 0 Å². The summed E-state index contributed by atoms with van der Waals surface area (Å²) in [5, 5.41) is 10.9. The molecule has 2 heterocycles. The molecule has 0 atom stereocenters. The molecule has 2 aromatic heterocycles. The third-order valence-corrected chi connectivity index (χ3v) is 3.56. The predicted molar refractivity (Wildman–Crippen MR) is 80.3 cm³/mol. The topological polar surface area (TPSA) is 41.6 Å². The lowest BCUT2D eigenvalue weighted by Crippen LogP contribution is -1.95. The van der Waals surface area contributed by atoms with E-state index in [1.165, 1.54) is 0 Å². The number of nitrogens with zero attached hydrogens (tertiary/aromatic N) is 3. The van der Waals surface area contributed by atoms with Gasteiger partial charge in [-0.2, -0.15) is 5.26 Å². The Balaban J connectivity index is 2.37. The lowest BCUT2D eigenvalue weighted by Gasteiger charge is -2.06. The van der Waals surface area contributed by atoms with Crippen molar-refractivity contribution in [3.63, 3.8) is 0 Å². The van der Waals surface area contributed by atoms with Crippen molar-refractivity contribution in [1.82, 2.24) is 9.55 Å². The molecule has 0 bridgehead atoms. The second-order valence-electron chi connectivity index (χ2n) is 4.78. The minimum absolute atomic E-state index is 0.639. The maximum Gasteiger partial charge on any atom is 0.146 e. The van der Waals surface area contributed by atoms with Crippen LogP contribution in [0.2, 0.25) is 5.02 Å². The Labute approximate surface area is 122 Å². The van der Waals surface area contributed by atoms with E-state index in [1.807, 2.05) is 54.9 Å². The summed E-state index contributed by atoms with van der Waals surface area (Å²) in [7, 11) is 0. The minimum atomic E-state index is 0.639. The van der Waals surface area contributed by atoms with E-state index in [-0.39, 0.29) is 0 Å². The minimum Gasteiger partial charge on any atom is -0.300 e. The first-order valence-electron chi connectivity index (χ1n) is 6.25. The molecule has 98 valence electrons. The molecular weight excluding hydrogens is 270 g/mol. The van der Waals surface area contributed by atoms with Crippen LogP contribution in [-0.2, 0) is 0 Å². The molecule has 0 aliphatic rings. The van der Waals surface area contributed by atoms with Crippen molar-refractivity contribution in [3.05, 3.63) is 58.4 Å². The second-order valence-corrected chi connectivity index (χ2v) is 5.22. The fourth-order valence-corrected chi connectivity index (χ4v) is 2.59. The van der Waals surface area contributed by atoms with Crippen LogP contribution in [0.15, 0.2) is 36.5 Å². The largest absolute Gasteiger partial charge is 0.300 e. The van der Waals surface area contributed by atoms with Crippen LogP contribution in [0.1, 0.15) is 16.8 Å². The molecule has 0 unspecified atom stereocenters. The highest BCUT2D eigenvalue weighted by Gasteiger charge is 2.13. The van der Waals surface area contributed by atoms with E-state index in [4.69, 9.17) is 11.6 Å². The molecule has 0 amide bonds. The lowest BCUT2D eigenvalue weighted by molar-refractivity contribution is 1.07. The fourth-order valence-electron chi connectivity index (χ4n) is 2.46. The van der Waals surface area contributed by atoms with Gasteiger partial charge in [-0.1, -0.05) is 11.6 Å². The number of hydrogen-bond acceptors (Lipinski definition) is 2. The van der Waals surface area contributed by atoms with Crippen molar-refractivity contribution in [3.8, 4) is 11.8 Å². The monoisotopic (exact) mass is 281 g/mol. The van der Waals surface area contributed by atoms with Crippen molar-refractivity contribution < 1.29 is 0 Å². The summed E-state index contributed by atoms with van der Waals surface area (Å²) in [5.41, 5.74) is 4.39. The molecule has 3 aromatic rings. The number of aromatic nitrogens is 2. The standard InChI is InChI=1S/C16H12ClN3/c1-10-7-11(2)19-16-15(10)12(8-18)9-20(16)14-5-3-13(17)4-6-14/h3-7,9H,1-2H3. The Hall–Kier alpha value is -2.31. The first kappa shape index (κ1) is 12.7. The van der Waals surface area contributed by atoms with Crippen molar-refractivity contribution >= 4 is 22.6 Å². The quantitative estimate of drug-likeness (QED) is 0.672. The van der Waals surface area contributed by atoms with Gasteiger partial charge in [0.05, 0.1) is 5.56 Å². The molecular formula is C16H12ClN3. The van der Waals surface area contributed by atoms with Crippen LogP contribution in [0.4, 0.5) is 0 Å². The van der Waals surface area contributed by atoms with Gasteiger partial charge in [-0.25, -0.2) is 4.98 Å². The highest BCUT2D eigenvalue weighted by atomic mass is 35.5. The third kappa shape index (κ3) is 1.95. The fraction of sp³-hybridized carbons (Fsp3) is 0.125. The normalized spacial score (nSPS) is 10.7. The summed E-state index contributed by atoms with van der Waals surface area (Å²) >= 11 is 5.92. The zero-order valence-electron chi connectivity index (χ0n) is 11.2. The molecule has 1 aromatic carbocycles. The molecule has 0 saturated heterocycles. The highest BCUT2D eigenvalue weighted by Crippen LogP contribution is 2.27. The van der Waals surface area contributed by atoms with Gasteiger partial charge in [0.25, 0.3) is 0 Å². The van der Waals surface area contributed by atoms with Gasteiger partial charge in [-0.3, -0.25) is 4.57 Å². The van der Waals surface area contributed by atoms with Crippen molar-refractivity contribution in [1.29, 1.82) is 5.26 Å². The van der Waals surface area contributed by atoms with Crippen LogP contribution in [0.3, 0.4) is 0 Å². The Morgan fingerprint density at radius 2 is 1.90 bits per heavy atom. The first-order valence-corrected chi connectivity index (χ1v) is 6.63. The number of pyridine rings is 1. The average Bonchev–Trinajstić information content (AvgIpc) is 2.78. The van der Waals surface area contributed by atoms with E-state index in [2.05, 4.69) is 11.1 Å². The second kappa shape index (κ2) is 4.66. The summed E-state index contributed by atoms with van der Waals surface area (Å²) in [6, 6.07) is 11.7. The summed E-state index contributed by atoms with van der Waals surface area (Å²) in [6.45, 7) is 3.96. The van der Waals surface area contributed by atoms with Crippen LogP contribution in [-0.4, -0.2) is 9.55 Å². The van der Waals surface area contributed by atoms with E-state index in [9.17, 15) is 5.26 Å². The number of rotatable bonds is 1. The van der Waals surface area contributed by atoms with Gasteiger partial charge in [-0.05, 0) is 49.7 Å². The molecule has 0 saturated carbocycles. The van der Waals surface area contributed by atoms with Crippen molar-refractivity contribution in [2.75, 3.05) is 0 Å². The molecule has 3 rings (SSSR count). The van der Waals surface area contributed by atoms with Gasteiger partial charge in [0.1, 0.15) is 11.7 Å². The van der Waals surface area contributed by atoms with Crippen molar-refractivity contribution in [2.24, 2.45) is 0 Å². The Morgan fingerprint density at radius 3 is 2.55 bits per heavy atom. The highest BCUT2D eigenvalue weighted by molar-refractivity contribution is 6.30. The van der Waals surface area contributed by atoms with Crippen LogP contribution in [0.25, 0.3) is 16.7 Å². The van der Waals surface area contributed by atoms with Crippen LogP contribution in [0, 0.1) is 25.2 Å². The maximum atomic E-state index is 9.32. The number of aryl methyl sites for hydroxylation is 2. The van der Waals surface area contributed by atoms with Gasteiger partial charge in [0.2, 0.25) is 0 Å². The van der Waals surface area contributed by atoms with Gasteiger partial charge in [0, 0.05) is 28.0 Å². The number of fused-ring (bicyclic) bond motifs is 1. The van der Waals surface area contributed by atoms with Gasteiger partial charge >= 0.3 is 0 Å². The zero-order valence-corrected chi connectivity index (χ0v) is 11.9.